The summed E-state index contributed by atoms with van der Waals surface area (Å²) >= 11 is 0. The lowest BCUT2D eigenvalue weighted by Crippen LogP contribution is -2.40. The van der Waals surface area contributed by atoms with Crippen LogP contribution in [0.25, 0.3) is 0 Å². The zero-order valence-electron chi connectivity index (χ0n) is 9.78. The Kier molecular flexibility index (Phi) is 4.13. The predicted molar refractivity (Wildman–Crippen MR) is 61.9 cm³/mol. The molecule has 5 heteroatoms. The fraction of sp³-hybridized carbons (Fsp3) is 0.364. The van der Waals surface area contributed by atoms with Crippen LogP contribution in [-0.4, -0.2) is 25.1 Å². The van der Waals surface area contributed by atoms with Crippen LogP contribution in [-0.2, 0) is 6.54 Å². The predicted octanol–water partition coefficient (Wildman–Crippen LogP) is 1.02. The highest BCUT2D eigenvalue weighted by Crippen LogP contribution is 2.20. The zero-order valence-corrected chi connectivity index (χ0v) is 9.78. The molecule has 1 rings (SSSR count). The monoisotopic (exact) mass is 223 g/mol. The second-order valence-corrected chi connectivity index (χ2v) is 3.62. The van der Waals surface area contributed by atoms with Gasteiger partial charge in [0.2, 0.25) is 0 Å². The summed E-state index contributed by atoms with van der Waals surface area (Å²) in [6.45, 7) is 2.44. The smallest absolute Gasteiger partial charge is 0.331 e. The molecule has 0 bridgehead atoms. The van der Waals surface area contributed by atoms with Gasteiger partial charge in [-0.05, 0) is 13.0 Å². The van der Waals surface area contributed by atoms with Gasteiger partial charge in [0.25, 0.3) is 0 Å². The van der Waals surface area contributed by atoms with E-state index in [1.54, 1.807) is 14.2 Å². The number of carbonyl (C=O) groups is 1. The summed E-state index contributed by atoms with van der Waals surface area (Å²) in [5, 5.41) is 0. The molecule has 16 heavy (non-hydrogen) atoms. The van der Waals surface area contributed by atoms with Gasteiger partial charge in [-0.15, -0.1) is 0 Å². The quantitative estimate of drug-likeness (QED) is 0.456. The number of urea groups is 1. The number of hydrogen-bond acceptors (Lipinski definition) is 3. The lowest BCUT2D eigenvalue weighted by Gasteiger charge is -2.18. The van der Waals surface area contributed by atoms with E-state index in [1.807, 2.05) is 25.1 Å². The van der Waals surface area contributed by atoms with E-state index in [9.17, 15) is 4.79 Å². The molecule has 0 aliphatic carbocycles. The fourth-order valence-corrected chi connectivity index (χ4v) is 1.47. The Balaban J connectivity index is 2.86. The molecule has 2 amide bonds. The van der Waals surface area contributed by atoms with Crippen LogP contribution in [0.2, 0.25) is 0 Å². The van der Waals surface area contributed by atoms with Crippen LogP contribution in [0.5, 0.6) is 5.75 Å². The van der Waals surface area contributed by atoms with Gasteiger partial charge in [0.15, 0.2) is 0 Å². The average Bonchev–Trinajstić information content (AvgIpc) is 2.28. The number of nitrogens with one attached hydrogen (secondary N) is 1. The lowest BCUT2D eigenvalue weighted by molar-refractivity contribution is 0.206. The Morgan fingerprint density at radius 2 is 2.25 bits per heavy atom. The summed E-state index contributed by atoms with van der Waals surface area (Å²) in [5.74, 6) is 5.82. The maximum Gasteiger partial charge on any atom is 0.331 e. The van der Waals surface area contributed by atoms with Crippen molar-refractivity contribution in [1.29, 1.82) is 0 Å². The first-order chi connectivity index (χ1) is 7.58. The van der Waals surface area contributed by atoms with E-state index in [2.05, 4.69) is 5.43 Å². The van der Waals surface area contributed by atoms with Crippen molar-refractivity contribution >= 4 is 6.03 Å². The molecule has 0 aliphatic heterocycles. The molecule has 1 aromatic rings. The highest BCUT2D eigenvalue weighted by molar-refractivity contribution is 5.73. The van der Waals surface area contributed by atoms with Gasteiger partial charge in [-0.3, -0.25) is 5.43 Å². The number of benzene rings is 1. The highest BCUT2D eigenvalue weighted by atomic mass is 16.5. The van der Waals surface area contributed by atoms with Gasteiger partial charge in [-0.2, -0.15) is 0 Å². The first-order valence-corrected chi connectivity index (χ1v) is 4.93. The highest BCUT2D eigenvalue weighted by Gasteiger charge is 2.10. The van der Waals surface area contributed by atoms with Crippen molar-refractivity contribution in [2.24, 2.45) is 5.84 Å². The van der Waals surface area contributed by atoms with Gasteiger partial charge in [0.1, 0.15) is 5.75 Å². The van der Waals surface area contributed by atoms with Gasteiger partial charge in [0, 0.05) is 12.6 Å². The molecule has 0 spiro atoms. The summed E-state index contributed by atoms with van der Waals surface area (Å²) in [6.07, 6.45) is 0. The van der Waals surface area contributed by atoms with Crippen LogP contribution in [0.15, 0.2) is 18.2 Å². The minimum atomic E-state index is -0.330. The summed E-state index contributed by atoms with van der Waals surface area (Å²) in [7, 11) is 3.28. The standard InChI is InChI=1S/C11H17N3O2/c1-8-4-5-10(16-3)9(6-8)7-14(2)11(15)13-12/h4-6H,7,12H2,1-3H3,(H,13,15). The number of aryl methyl sites for hydroxylation is 1. The number of hydrazine groups is 1. The average molecular weight is 223 g/mol. The third-order valence-corrected chi connectivity index (χ3v) is 2.31. The van der Waals surface area contributed by atoms with Crippen molar-refractivity contribution in [3.05, 3.63) is 29.3 Å². The largest absolute Gasteiger partial charge is 0.496 e. The Bertz CT molecular complexity index is 379. The maximum absolute atomic E-state index is 11.2. The molecule has 3 N–H and O–H groups in total. The first kappa shape index (κ1) is 12.3. The molecule has 0 heterocycles. The Morgan fingerprint density at radius 3 is 2.81 bits per heavy atom. The van der Waals surface area contributed by atoms with E-state index in [4.69, 9.17) is 10.6 Å². The Labute approximate surface area is 95.2 Å². The van der Waals surface area contributed by atoms with Gasteiger partial charge < -0.3 is 9.64 Å². The molecule has 5 nitrogen and oxygen atoms in total. The fourth-order valence-electron chi connectivity index (χ4n) is 1.47. The van der Waals surface area contributed by atoms with E-state index >= 15 is 0 Å². The minimum Gasteiger partial charge on any atom is -0.496 e. The van der Waals surface area contributed by atoms with E-state index in [0.717, 1.165) is 16.9 Å². The van der Waals surface area contributed by atoms with Crippen molar-refractivity contribution in [1.82, 2.24) is 10.3 Å². The molecule has 0 aliphatic rings. The van der Waals surface area contributed by atoms with Crippen LogP contribution in [0.4, 0.5) is 4.79 Å². The van der Waals surface area contributed by atoms with Gasteiger partial charge >= 0.3 is 6.03 Å². The molecular weight excluding hydrogens is 206 g/mol. The molecule has 88 valence electrons. The van der Waals surface area contributed by atoms with Crippen molar-refractivity contribution in [3.8, 4) is 5.75 Å². The van der Waals surface area contributed by atoms with Crippen LogP contribution in [0.1, 0.15) is 11.1 Å². The molecule has 1 aromatic carbocycles. The third kappa shape index (κ3) is 2.87. The van der Waals surface area contributed by atoms with Crippen LogP contribution >= 0.6 is 0 Å². The van der Waals surface area contributed by atoms with Crippen molar-refractivity contribution < 1.29 is 9.53 Å². The maximum atomic E-state index is 11.2. The second-order valence-electron chi connectivity index (χ2n) is 3.62. The number of amides is 2. The molecule has 0 unspecified atom stereocenters. The second kappa shape index (κ2) is 5.37. The Hall–Kier alpha value is -1.75. The normalized spacial score (nSPS) is 9.75. The van der Waals surface area contributed by atoms with E-state index in [0.29, 0.717) is 6.54 Å². The number of ether oxygens (including phenoxy) is 1. The number of hydrogen-bond donors (Lipinski definition) is 2. The van der Waals surface area contributed by atoms with Crippen LogP contribution in [0, 0.1) is 6.92 Å². The zero-order chi connectivity index (χ0) is 12.1. The van der Waals surface area contributed by atoms with E-state index < -0.39 is 0 Å². The number of methoxy groups -OCH3 is 1. The number of nitrogens with two attached hydrogens (primary N) is 1. The van der Waals surface area contributed by atoms with E-state index in [-0.39, 0.29) is 6.03 Å². The van der Waals surface area contributed by atoms with Crippen LogP contribution < -0.4 is 16.0 Å². The van der Waals surface area contributed by atoms with Gasteiger partial charge in [0.05, 0.1) is 13.7 Å². The lowest BCUT2D eigenvalue weighted by atomic mass is 10.1. The number of rotatable bonds is 3. The van der Waals surface area contributed by atoms with Crippen molar-refractivity contribution in [3.63, 3.8) is 0 Å². The summed E-state index contributed by atoms with van der Waals surface area (Å²) in [4.78, 5) is 12.7. The van der Waals surface area contributed by atoms with Crippen LogP contribution in [0.3, 0.4) is 0 Å². The van der Waals surface area contributed by atoms with Crippen molar-refractivity contribution in [2.75, 3.05) is 14.2 Å². The molecule has 0 aromatic heterocycles. The summed E-state index contributed by atoms with van der Waals surface area (Å²) in [6, 6.07) is 5.51. The molecule has 0 fully saturated rings. The number of carbonyl (C=O) groups excluding carboxylic acids is 1. The SMILES string of the molecule is COc1ccc(C)cc1CN(C)C(=O)NN. The molecule has 0 atom stereocenters. The summed E-state index contributed by atoms with van der Waals surface area (Å²) < 4.78 is 5.22. The molecular formula is C11H17N3O2. The minimum absolute atomic E-state index is 0.330. The Morgan fingerprint density at radius 1 is 1.56 bits per heavy atom. The molecule has 0 radical (unpaired) electrons. The van der Waals surface area contributed by atoms with Gasteiger partial charge in [-0.25, -0.2) is 10.6 Å². The first-order valence-electron chi connectivity index (χ1n) is 4.93. The molecule has 0 saturated carbocycles. The van der Waals surface area contributed by atoms with Crippen molar-refractivity contribution in [2.45, 2.75) is 13.5 Å². The van der Waals surface area contributed by atoms with E-state index in [1.165, 1.54) is 4.90 Å². The van der Waals surface area contributed by atoms with Gasteiger partial charge in [-0.1, -0.05) is 17.7 Å². The summed E-state index contributed by atoms with van der Waals surface area (Å²) in [5.41, 5.74) is 4.16. The third-order valence-electron chi connectivity index (χ3n) is 2.31. The number of nitrogens with zero attached hydrogens (tertiary/aromatic N) is 1. The molecule has 0 saturated heterocycles. The topological polar surface area (TPSA) is 67.6 Å².